The van der Waals surface area contributed by atoms with E-state index in [9.17, 15) is 5.26 Å². The third-order valence-electron chi connectivity index (χ3n) is 5.80. The molecule has 0 aliphatic rings. The number of halogens is 1. The highest BCUT2D eigenvalue weighted by Gasteiger charge is 2.35. The van der Waals surface area contributed by atoms with Gasteiger partial charge in [0.25, 0.3) is 0 Å². The van der Waals surface area contributed by atoms with Crippen LogP contribution in [0.25, 0.3) is 0 Å². The molecule has 0 N–H and O–H groups in total. The van der Waals surface area contributed by atoms with Crippen molar-refractivity contribution in [3.05, 3.63) is 70.7 Å². The van der Waals surface area contributed by atoms with Crippen molar-refractivity contribution >= 4 is 11.6 Å². The molecule has 0 heterocycles. The molecule has 0 amide bonds. The summed E-state index contributed by atoms with van der Waals surface area (Å²) in [4.78, 5) is 2.49. The van der Waals surface area contributed by atoms with Gasteiger partial charge in [0, 0.05) is 11.1 Å². The number of nitrogens with zero attached hydrogens (tertiary/aromatic N) is 2. The molecule has 3 heteroatoms. The van der Waals surface area contributed by atoms with Gasteiger partial charge in [-0.15, -0.1) is 0 Å². The largest absolute Gasteiger partial charge is 0.297 e. The summed E-state index contributed by atoms with van der Waals surface area (Å²) in [5.41, 5.74) is 1.94. The van der Waals surface area contributed by atoms with Crippen LogP contribution >= 0.6 is 11.6 Å². The number of benzene rings is 2. The van der Waals surface area contributed by atoms with E-state index in [4.69, 9.17) is 11.6 Å². The normalized spacial score (nSPS) is 14.7. The van der Waals surface area contributed by atoms with Crippen molar-refractivity contribution in [3.63, 3.8) is 0 Å². The molecule has 2 aromatic carbocycles. The molecule has 0 aromatic heterocycles. The molecule has 27 heavy (non-hydrogen) atoms. The first-order valence-electron chi connectivity index (χ1n) is 9.91. The summed E-state index contributed by atoms with van der Waals surface area (Å²) in [6.07, 6.45) is 1.83. The second-order valence-corrected chi connectivity index (χ2v) is 8.00. The standard InChI is InChI=1S/C24H31ClN2/c1-5-27(20(4)21-10-7-6-8-11-21)17-9-16-24(18-26,19(2)3)22-12-14-23(25)15-13-22/h6-8,10-15,19-20H,5,9,16-17H2,1-4H3. The maximum atomic E-state index is 10.1. The first kappa shape index (κ1) is 21.5. The molecule has 0 aliphatic heterocycles. The van der Waals surface area contributed by atoms with Crippen LogP contribution in [0.2, 0.25) is 5.02 Å². The number of rotatable bonds is 9. The monoisotopic (exact) mass is 382 g/mol. The predicted molar refractivity (Wildman–Crippen MR) is 115 cm³/mol. The van der Waals surface area contributed by atoms with Crippen LogP contribution in [-0.4, -0.2) is 18.0 Å². The van der Waals surface area contributed by atoms with E-state index >= 15 is 0 Å². The van der Waals surface area contributed by atoms with Crippen molar-refractivity contribution in [2.45, 2.75) is 52.0 Å². The van der Waals surface area contributed by atoms with E-state index in [1.54, 1.807) is 0 Å². The van der Waals surface area contributed by atoms with Gasteiger partial charge in [-0.05, 0) is 62.0 Å². The average molecular weight is 383 g/mol. The van der Waals surface area contributed by atoms with Gasteiger partial charge < -0.3 is 0 Å². The maximum absolute atomic E-state index is 10.1. The molecule has 0 spiro atoms. The molecule has 0 fully saturated rings. The van der Waals surface area contributed by atoms with E-state index in [2.05, 4.69) is 69.0 Å². The molecule has 2 aromatic rings. The minimum atomic E-state index is -0.472. The zero-order chi connectivity index (χ0) is 19.9. The van der Waals surface area contributed by atoms with Gasteiger partial charge in [-0.2, -0.15) is 5.26 Å². The molecule has 144 valence electrons. The van der Waals surface area contributed by atoms with Gasteiger partial charge in [0.2, 0.25) is 0 Å². The lowest BCUT2D eigenvalue weighted by molar-refractivity contribution is 0.208. The van der Waals surface area contributed by atoms with E-state index in [1.807, 2.05) is 24.3 Å². The maximum Gasteiger partial charge on any atom is 0.0845 e. The Morgan fingerprint density at radius 2 is 1.67 bits per heavy atom. The van der Waals surface area contributed by atoms with Crippen molar-refractivity contribution in [1.29, 1.82) is 5.26 Å². The fourth-order valence-electron chi connectivity index (χ4n) is 3.89. The van der Waals surface area contributed by atoms with E-state index in [-0.39, 0.29) is 5.92 Å². The Bertz CT molecular complexity index is 733. The summed E-state index contributed by atoms with van der Waals surface area (Å²) in [7, 11) is 0. The molecule has 0 aliphatic carbocycles. The van der Waals surface area contributed by atoms with Gasteiger partial charge >= 0.3 is 0 Å². The topological polar surface area (TPSA) is 27.0 Å². The summed E-state index contributed by atoms with van der Waals surface area (Å²) in [5, 5.41) is 10.8. The van der Waals surface area contributed by atoms with Crippen LogP contribution < -0.4 is 0 Å². The summed E-state index contributed by atoms with van der Waals surface area (Å²) in [6, 6.07) is 21.4. The van der Waals surface area contributed by atoms with Crippen molar-refractivity contribution in [2.24, 2.45) is 5.92 Å². The van der Waals surface area contributed by atoms with E-state index in [1.165, 1.54) is 5.56 Å². The van der Waals surface area contributed by atoms with Crippen molar-refractivity contribution in [2.75, 3.05) is 13.1 Å². The average Bonchev–Trinajstić information content (AvgIpc) is 2.69. The van der Waals surface area contributed by atoms with Crippen LogP contribution in [0.3, 0.4) is 0 Å². The third kappa shape index (κ3) is 5.12. The Morgan fingerprint density at radius 3 is 2.19 bits per heavy atom. The number of hydrogen-bond acceptors (Lipinski definition) is 2. The van der Waals surface area contributed by atoms with Gasteiger partial charge in [0.05, 0.1) is 11.5 Å². The van der Waals surface area contributed by atoms with Crippen LogP contribution in [0.15, 0.2) is 54.6 Å². The second kappa shape index (κ2) is 9.93. The van der Waals surface area contributed by atoms with Crippen LogP contribution in [0.1, 0.15) is 57.7 Å². The summed E-state index contributed by atoms with van der Waals surface area (Å²) < 4.78 is 0. The quantitative estimate of drug-likeness (QED) is 0.487. The fourth-order valence-corrected chi connectivity index (χ4v) is 4.02. The Labute approximate surface area is 169 Å². The molecule has 0 saturated heterocycles. The Kier molecular flexibility index (Phi) is 7.90. The van der Waals surface area contributed by atoms with Crippen molar-refractivity contribution in [1.82, 2.24) is 4.90 Å². The van der Waals surface area contributed by atoms with Crippen LogP contribution in [0.4, 0.5) is 0 Å². The first-order valence-corrected chi connectivity index (χ1v) is 10.3. The van der Waals surface area contributed by atoms with Crippen LogP contribution in [0.5, 0.6) is 0 Å². The molecule has 2 nitrogen and oxygen atoms in total. The second-order valence-electron chi connectivity index (χ2n) is 7.56. The number of hydrogen-bond donors (Lipinski definition) is 0. The molecule has 0 bridgehead atoms. The zero-order valence-corrected chi connectivity index (χ0v) is 17.7. The lowest BCUT2D eigenvalue weighted by atomic mass is 9.70. The minimum absolute atomic E-state index is 0.241. The zero-order valence-electron chi connectivity index (χ0n) is 17.0. The van der Waals surface area contributed by atoms with Gasteiger partial charge in [-0.1, -0.05) is 74.8 Å². The highest BCUT2D eigenvalue weighted by Crippen LogP contribution is 2.37. The van der Waals surface area contributed by atoms with Crippen LogP contribution in [0, 0.1) is 17.2 Å². The molecular weight excluding hydrogens is 352 g/mol. The first-order chi connectivity index (χ1) is 12.9. The molecule has 2 unspecified atom stereocenters. The van der Waals surface area contributed by atoms with Gasteiger partial charge in [0.1, 0.15) is 0 Å². The Balaban J connectivity index is 2.10. The molecule has 0 saturated carbocycles. The number of nitriles is 1. The van der Waals surface area contributed by atoms with E-state index in [0.29, 0.717) is 11.1 Å². The lowest BCUT2D eigenvalue weighted by Gasteiger charge is -2.33. The van der Waals surface area contributed by atoms with Gasteiger partial charge in [-0.3, -0.25) is 4.90 Å². The van der Waals surface area contributed by atoms with Crippen molar-refractivity contribution in [3.8, 4) is 6.07 Å². The minimum Gasteiger partial charge on any atom is -0.297 e. The Morgan fingerprint density at radius 1 is 1.04 bits per heavy atom. The molecular formula is C24H31ClN2. The Hall–Kier alpha value is -1.82. The summed E-state index contributed by atoms with van der Waals surface area (Å²) >= 11 is 6.05. The molecule has 2 atom stereocenters. The third-order valence-corrected chi connectivity index (χ3v) is 6.05. The van der Waals surface area contributed by atoms with Crippen molar-refractivity contribution < 1.29 is 0 Å². The predicted octanol–water partition coefficient (Wildman–Crippen LogP) is 6.62. The SMILES string of the molecule is CCN(CCCC(C#N)(c1ccc(Cl)cc1)C(C)C)C(C)c1ccccc1. The van der Waals surface area contributed by atoms with E-state index in [0.717, 1.165) is 31.5 Å². The fraction of sp³-hybridized carbons (Fsp3) is 0.458. The highest BCUT2D eigenvalue weighted by molar-refractivity contribution is 6.30. The smallest absolute Gasteiger partial charge is 0.0845 e. The molecule has 0 radical (unpaired) electrons. The lowest BCUT2D eigenvalue weighted by Crippen LogP contribution is -2.33. The molecule has 2 rings (SSSR count). The van der Waals surface area contributed by atoms with Crippen LogP contribution in [-0.2, 0) is 5.41 Å². The van der Waals surface area contributed by atoms with Gasteiger partial charge in [-0.25, -0.2) is 0 Å². The van der Waals surface area contributed by atoms with E-state index < -0.39 is 5.41 Å². The van der Waals surface area contributed by atoms with Gasteiger partial charge in [0.15, 0.2) is 0 Å². The summed E-state index contributed by atoms with van der Waals surface area (Å²) in [6.45, 7) is 10.7. The summed E-state index contributed by atoms with van der Waals surface area (Å²) in [5.74, 6) is 0.241. The highest BCUT2D eigenvalue weighted by atomic mass is 35.5.